The fraction of sp³-hybridized carbons (Fsp3) is 0.667. The maximum atomic E-state index is 6.14. The summed E-state index contributed by atoms with van der Waals surface area (Å²) < 4.78 is 0. The van der Waals surface area contributed by atoms with Crippen LogP contribution in [0.15, 0.2) is 11.4 Å². The summed E-state index contributed by atoms with van der Waals surface area (Å²) >= 11 is 7.89. The molecule has 1 aromatic heterocycles. The lowest BCUT2D eigenvalue weighted by Crippen LogP contribution is -2.30. The molecule has 0 spiro atoms. The molecule has 0 amide bonds. The van der Waals surface area contributed by atoms with Crippen LogP contribution in [-0.2, 0) is 6.54 Å². The van der Waals surface area contributed by atoms with Gasteiger partial charge in [0.25, 0.3) is 0 Å². The average molecular weight is 293 g/mol. The van der Waals surface area contributed by atoms with E-state index in [-0.39, 0.29) is 12.4 Å². The van der Waals surface area contributed by atoms with Crippen molar-refractivity contribution < 1.29 is 0 Å². The number of fused-ring (bicyclic) bond motifs is 1. The number of hydrogen-bond acceptors (Lipinski definition) is 3. The van der Waals surface area contributed by atoms with Gasteiger partial charge in [0.15, 0.2) is 0 Å². The number of hydrogen-bond donors (Lipinski definition) is 1. The molecular weight excluding hydrogens is 275 g/mol. The van der Waals surface area contributed by atoms with E-state index in [1.165, 1.54) is 30.8 Å². The van der Waals surface area contributed by atoms with Gasteiger partial charge in [0, 0.05) is 30.6 Å². The Kier molecular flexibility index (Phi) is 4.37. The van der Waals surface area contributed by atoms with E-state index in [2.05, 4.69) is 10.3 Å². The number of halogens is 2. The van der Waals surface area contributed by atoms with Gasteiger partial charge in [-0.3, -0.25) is 4.90 Å². The zero-order valence-electron chi connectivity index (χ0n) is 9.64. The lowest BCUT2D eigenvalue weighted by atomic mass is 9.98. The molecule has 2 aliphatic rings. The molecule has 1 saturated heterocycles. The second-order valence-corrected chi connectivity index (χ2v) is 6.46. The van der Waals surface area contributed by atoms with Crippen molar-refractivity contribution in [2.45, 2.75) is 25.4 Å². The molecule has 2 nitrogen and oxygen atoms in total. The van der Waals surface area contributed by atoms with Gasteiger partial charge in [-0.2, -0.15) is 0 Å². The Morgan fingerprint density at radius 2 is 2.24 bits per heavy atom. The maximum absolute atomic E-state index is 6.14. The largest absolute Gasteiger partial charge is 0.327 e. The van der Waals surface area contributed by atoms with E-state index >= 15 is 0 Å². The molecular formula is C12H18Cl2N2S. The Morgan fingerprint density at radius 1 is 1.41 bits per heavy atom. The number of likely N-dealkylation sites (tertiary alicyclic amines) is 1. The van der Waals surface area contributed by atoms with Crippen molar-refractivity contribution in [3.8, 4) is 0 Å². The van der Waals surface area contributed by atoms with E-state index in [1.54, 1.807) is 11.3 Å². The summed E-state index contributed by atoms with van der Waals surface area (Å²) in [6.07, 6.45) is 2.55. The molecule has 3 unspecified atom stereocenters. The first kappa shape index (κ1) is 13.6. The van der Waals surface area contributed by atoms with Crippen LogP contribution in [0.25, 0.3) is 0 Å². The second-order valence-electron chi connectivity index (χ2n) is 5.05. The molecule has 2 N–H and O–H groups in total. The van der Waals surface area contributed by atoms with Crippen molar-refractivity contribution in [3.63, 3.8) is 0 Å². The maximum Gasteiger partial charge on any atom is 0.0558 e. The first-order chi connectivity index (χ1) is 7.74. The van der Waals surface area contributed by atoms with E-state index in [0.29, 0.717) is 6.04 Å². The topological polar surface area (TPSA) is 29.3 Å². The smallest absolute Gasteiger partial charge is 0.0558 e. The van der Waals surface area contributed by atoms with E-state index in [9.17, 15) is 0 Å². The minimum absolute atomic E-state index is 0. The Bertz CT molecular complexity index is 382. The van der Waals surface area contributed by atoms with Gasteiger partial charge in [0.05, 0.1) is 5.02 Å². The lowest BCUT2D eigenvalue weighted by molar-refractivity contribution is 0.301. The zero-order valence-corrected chi connectivity index (χ0v) is 12.0. The van der Waals surface area contributed by atoms with Crippen LogP contribution in [0.3, 0.4) is 0 Å². The van der Waals surface area contributed by atoms with Crippen LogP contribution in [0.5, 0.6) is 0 Å². The molecule has 3 rings (SSSR count). The first-order valence-electron chi connectivity index (χ1n) is 5.94. The molecule has 96 valence electrons. The van der Waals surface area contributed by atoms with E-state index in [0.717, 1.165) is 23.4 Å². The molecule has 2 fully saturated rings. The van der Waals surface area contributed by atoms with Gasteiger partial charge >= 0.3 is 0 Å². The van der Waals surface area contributed by atoms with Crippen LogP contribution < -0.4 is 5.73 Å². The van der Waals surface area contributed by atoms with Crippen molar-refractivity contribution in [2.24, 2.45) is 17.6 Å². The highest BCUT2D eigenvalue weighted by molar-refractivity contribution is 7.10. The van der Waals surface area contributed by atoms with Crippen LogP contribution in [0.4, 0.5) is 0 Å². The third-order valence-corrected chi connectivity index (χ3v) is 5.42. The number of nitrogens with two attached hydrogens (primary N) is 1. The number of thiophene rings is 1. The SMILES string of the molecule is Cl.NC1CCC2CN(Cc3sccc3Cl)CC12. The monoisotopic (exact) mass is 292 g/mol. The minimum Gasteiger partial charge on any atom is -0.327 e. The lowest BCUT2D eigenvalue weighted by Gasteiger charge is -2.17. The van der Waals surface area contributed by atoms with E-state index < -0.39 is 0 Å². The van der Waals surface area contributed by atoms with Crippen molar-refractivity contribution >= 4 is 35.3 Å². The van der Waals surface area contributed by atoms with Crippen molar-refractivity contribution in [3.05, 3.63) is 21.3 Å². The van der Waals surface area contributed by atoms with Gasteiger partial charge in [-0.05, 0) is 36.1 Å². The Hall–Kier alpha value is 0.200. The van der Waals surface area contributed by atoms with Crippen LogP contribution in [0.2, 0.25) is 5.02 Å². The van der Waals surface area contributed by atoms with Gasteiger partial charge in [-0.25, -0.2) is 0 Å². The quantitative estimate of drug-likeness (QED) is 0.908. The zero-order chi connectivity index (χ0) is 11.1. The molecule has 1 aliphatic carbocycles. The van der Waals surface area contributed by atoms with E-state index in [4.69, 9.17) is 17.3 Å². The van der Waals surface area contributed by atoms with Gasteiger partial charge in [0.2, 0.25) is 0 Å². The Labute approximate surface area is 118 Å². The third-order valence-electron chi connectivity index (χ3n) is 4.05. The van der Waals surface area contributed by atoms with Crippen LogP contribution in [-0.4, -0.2) is 24.0 Å². The van der Waals surface area contributed by atoms with Gasteiger partial charge < -0.3 is 5.73 Å². The van der Waals surface area contributed by atoms with Crippen molar-refractivity contribution in [1.82, 2.24) is 4.90 Å². The number of rotatable bonds is 2. The van der Waals surface area contributed by atoms with Crippen LogP contribution in [0.1, 0.15) is 17.7 Å². The summed E-state index contributed by atoms with van der Waals surface area (Å²) in [5, 5.41) is 2.99. The molecule has 1 saturated carbocycles. The van der Waals surface area contributed by atoms with Gasteiger partial charge in [-0.15, -0.1) is 23.7 Å². The first-order valence-corrected chi connectivity index (χ1v) is 7.19. The fourth-order valence-corrected chi connectivity index (χ4v) is 4.31. The summed E-state index contributed by atoms with van der Waals surface area (Å²) in [4.78, 5) is 3.82. The van der Waals surface area contributed by atoms with Gasteiger partial charge in [-0.1, -0.05) is 11.6 Å². The molecule has 2 heterocycles. The second kappa shape index (κ2) is 5.45. The molecule has 0 bridgehead atoms. The average Bonchev–Trinajstić information content (AvgIpc) is 2.90. The Morgan fingerprint density at radius 3 is 2.88 bits per heavy atom. The molecule has 3 atom stereocenters. The molecule has 1 aliphatic heterocycles. The fourth-order valence-electron chi connectivity index (χ4n) is 3.17. The van der Waals surface area contributed by atoms with Crippen molar-refractivity contribution in [1.29, 1.82) is 0 Å². The standard InChI is InChI=1S/C12H17ClN2S.ClH/c13-10-3-4-16-12(10)7-15-5-8-1-2-11(14)9(8)6-15;/h3-4,8-9,11H,1-2,5-7,14H2;1H. The summed E-state index contributed by atoms with van der Waals surface area (Å²) in [5.41, 5.74) is 6.14. The predicted molar refractivity (Wildman–Crippen MR) is 76.0 cm³/mol. The summed E-state index contributed by atoms with van der Waals surface area (Å²) in [5.74, 6) is 1.58. The highest BCUT2D eigenvalue weighted by atomic mass is 35.5. The van der Waals surface area contributed by atoms with Crippen LogP contribution in [0, 0.1) is 11.8 Å². The van der Waals surface area contributed by atoms with Crippen molar-refractivity contribution in [2.75, 3.05) is 13.1 Å². The summed E-state index contributed by atoms with van der Waals surface area (Å²) in [6, 6.07) is 2.43. The normalized spacial score (nSPS) is 32.5. The minimum atomic E-state index is 0. The molecule has 1 aromatic rings. The third kappa shape index (κ3) is 2.64. The molecule has 5 heteroatoms. The highest BCUT2D eigenvalue weighted by Crippen LogP contribution is 2.38. The predicted octanol–water partition coefficient (Wildman–Crippen LogP) is 2.99. The van der Waals surface area contributed by atoms with Crippen LogP contribution >= 0.6 is 35.3 Å². The highest BCUT2D eigenvalue weighted by Gasteiger charge is 2.40. The molecule has 17 heavy (non-hydrogen) atoms. The summed E-state index contributed by atoms with van der Waals surface area (Å²) in [6.45, 7) is 3.39. The van der Waals surface area contributed by atoms with E-state index in [1.807, 2.05) is 6.07 Å². The van der Waals surface area contributed by atoms with Gasteiger partial charge in [0.1, 0.15) is 0 Å². The molecule has 0 aromatic carbocycles. The Balaban J connectivity index is 0.00000108. The molecule has 0 radical (unpaired) electrons. The summed E-state index contributed by atoms with van der Waals surface area (Å²) in [7, 11) is 0. The number of nitrogens with zero attached hydrogens (tertiary/aromatic N) is 1.